The van der Waals surface area contributed by atoms with E-state index in [1.54, 1.807) is 30.5 Å². The molecular formula is C14H19NO3S3. The van der Waals surface area contributed by atoms with E-state index in [0.29, 0.717) is 17.1 Å². The highest BCUT2D eigenvalue weighted by Crippen LogP contribution is 2.26. The van der Waals surface area contributed by atoms with Gasteiger partial charge in [0.2, 0.25) is 0 Å². The molecule has 0 aliphatic rings. The Bertz CT molecular complexity index is 661. The molecule has 7 heteroatoms. The molecule has 4 nitrogen and oxygen atoms in total. The van der Waals surface area contributed by atoms with E-state index in [-0.39, 0.29) is 12.6 Å². The van der Waals surface area contributed by atoms with Crippen LogP contribution in [0, 0.1) is 0 Å². The van der Waals surface area contributed by atoms with Crippen LogP contribution in [0.5, 0.6) is 0 Å². The summed E-state index contributed by atoms with van der Waals surface area (Å²) in [7, 11) is -1.84. The smallest absolute Gasteiger partial charge is 0.252 e. The van der Waals surface area contributed by atoms with E-state index < -0.39 is 10.0 Å². The standard InChI is InChI=1S/C14H19NO3S3/c1-11(10-13-4-3-9-19-13)15(2)21(17,18)14-6-5-12(20-14)7-8-16/h3-6,9,11,16H,7-8,10H2,1-2H3. The third-order valence-electron chi connectivity index (χ3n) is 3.33. The molecule has 0 fully saturated rings. The van der Waals surface area contributed by atoms with Crippen LogP contribution in [0.1, 0.15) is 16.7 Å². The molecule has 2 aromatic rings. The van der Waals surface area contributed by atoms with Gasteiger partial charge in [-0.3, -0.25) is 0 Å². The van der Waals surface area contributed by atoms with Crippen molar-refractivity contribution in [1.82, 2.24) is 4.31 Å². The van der Waals surface area contributed by atoms with Gasteiger partial charge in [-0.25, -0.2) is 8.42 Å². The Balaban J connectivity index is 2.13. The van der Waals surface area contributed by atoms with Crippen LogP contribution in [0.25, 0.3) is 0 Å². The molecule has 0 spiro atoms. The number of rotatable bonds is 7. The SMILES string of the molecule is CC(Cc1cccs1)N(C)S(=O)(=O)c1ccc(CCO)s1. The molecule has 2 heterocycles. The summed E-state index contributed by atoms with van der Waals surface area (Å²) in [5.41, 5.74) is 0. The molecule has 0 amide bonds. The van der Waals surface area contributed by atoms with E-state index in [1.165, 1.54) is 20.5 Å². The fraction of sp³-hybridized carbons (Fsp3) is 0.429. The largest absolute Gasteiger partial charge is 0.396 e. The lowest BCUT2D eigenvalue weighted by Crippen LogP contribution is -2.35. The zero-order chi connectivity index (χ0) is 15.5. The van der Waals surface area contributed by atoms with Crippen LogP contribution in [0.3, 0.4) is 0 Å². The van der Waals surface area contributed by atoms with Crippen LogP contribution in [0.4, 0.5) is 0 Å². The summed E-state index contributed by atoms with van der Waals surface area (Å²) in [4.78, 5) is 2.06. The van der Waals surface area contributed by atoms with Crippen LogP contribution < -0.4 is 0 Å². The van der Waals surface area contributed by atoms with Gasteiger partial charge in [0, 0.05) is 35.9 Å². The zero-order valence-electron chi connectivity index (χ0n) is 12.0. The van der Waals surface area contributed by atoms with Crippen molar-refractivity contribution in [3.63, 3.8) is 0 Å². The highest BCUT2D eigenvalue weighted by molar-refractivity contribution is 7.91. The first-order chi connectivity index (χ1) is 9.95. The van der Waals surface area contributed by atoms with Crippen LogP contribution in [-0.2, 0) is 22.9 Å². The van der Waals surface area contributed by atoms with Crippen LogP contribution >= 0.6 is 22.7 Å². The molecule has 1 atom stereocenters. The minimum absolute atomic E-state index is 0.0324. The monoisotopic (exact) mass is 345 g/mol. The van der Waals surface area contributed by atoms with Gasteiger partial charge in [0.15, 0.2) is 0 Å². The average molecular weight is 346 g/mol. The van der Waals surface area contributed by atoms with Crippen molar-refractivity contribution < 1.29 is 13.5 Å². The summed E-state index contributed by atoms with van der Waals surface area (Å²) in [5, 5.41) is 10.9. The Morgan fingerprint density at radius 3 is 2.67 bits per heavy atom. The first-order valence-corrected chi connectivity index (χ1v) is 9.78. The van der Waals surface area contributed by atoms with Gasteiger partial charge in [0.25, 0.3) is 10.0 Å². The van der Waals surface area contributed by atoms with E-state index in [0.717, 1.165) is 4.88 Å². The summed E-state index contributed by atoms with van der Waals surface area (Å²) in [6.07, 6.45) is 1.21. The van der Waals surface area contributed by atoms with Gasteiger partial charge < -0.3 is 5.11 Å². The van der Waals surface area contributed by atoms with Gasteiger partial charge in [0.05, 0.1) is 0 Å². The first kappa shape index (κ1) is 16.6. The Kier molecular flexibility index (Phi) is 5.56. The van der Waals surface area contributed by atoms with E-state index >= 15 is 0 Å². The molecule has 0 aliphatic carbocycles. The van der Waals surface area contributed by atoms with Crippen molar-refractivity contribution in [1.29, 1.82) is 0 Å². The molecule has 0 bridgehead atoms. The topological polar surface area (TPSA) is 57.6 Å². The molecule has 1 N–H and O–H groups in total. The molecule has 0 radical (unpaired) electrons. The number of hydrogen-bond donors (Lipinski definition) is 1. The maximum Gasteiger partial charge on any atom is 0.252 e. The molecule has 1 unspecified atom stereocenters. The lowest BCUT2D eigenvalue weighted by molar-refractivity contribution is 0.300. The highest BCUT2D eigenvalue weighted by Gasteiger charge is 2.27. The maximum absolute atomic E-state index is 12.6. The number of nitrogens with zero attached hydrogens (tertiary/aromatic N) is 1. The van der Waals surface area contributed by atoms with Crippen LogP contribution in [-0.4, -0.2) is 37.5 Å². The molecular weight excluding hydrogens is 326 g/mol. The summed E-state index contributed by atoms with van der Waals surface area (Å²) in [5.74, 6) is 0. The highest BCUT2D eigenvalue weighted by atomic mass is 32.2. The lowest BCUT2D eigenvalue weighted by Gasteiger charge is -2.23. The van der Waals surface area contributed by atoms with Crippen molar-refractivity contribution in [2.24, 2.45) is 0 Å². The van der Waals surface area contributed by atoms with Crippen molar-refractivity contribution in [3.05, 3.63) is 39.4 Å². The quantitative estimate of drug-likeness (QED) is 0.839. The Labute approximate surface area is 133 Å². The number of likely N-dealkylation sites (N-methyl/N-ethyl adjacent to an activating group) is 1. The molecule has 0 saturated carbocycles. The molecule has 2 aromatic heterocycles. The zero-order valence-corrected chi connectivity index (χ0v) is 14.5. The van der Waals surface area contributed by atoms with E-state index in [4.69, 9.17) is 5.11 Å². The third-order valence-corrected chi connectivity index (χ3v) is 7.81. The van der Waals surface area contributed by atoms with Crippen LogP contribution in [0.15, 0.2) is 33.9 Å². The Hall–Kier alpha value is -0.730. The first-order valence-electron chi connectivity index (χ1n) is 6.65. The number of aliphatic hydroxyl groups is 1. The molecule has 0 aliphatic heterocycles. The summed E-state index contributed by atoms with van der Waals surface area (Å²) in [6.45, 7) is 1.95. The number of hydrogen-bond acceptors (Lipinski definition) is 5. The predicted molar refractivity (Wildman–Crippen MR) is 87.5 cm³/mol. The lowest BCUT2D eigenvalue weighted by atomic mass is 10.2. The Morgan fingerprint density at radius 1 is 1.29 bits per heavy atom. The second kappa shape index (κ2) is 7.02. The second-order valence-corrected chi connectivity index (χ2v) is 9.27. The molecule has 116 valence electrons. The van der Waals surface area contributed by atoms with Gasteiger partial charge in [-0.1, -0.05) is 6.07 Å². The van der Waals surface area contributed by atoms with Crippen molar-refractivity contribution in [2.45, 2.75) is 30.0 Å². The van der Waals surface area contributed by atoms with Crippen molar-refractivity contribution in [3.8, 4) is 0 Å². The van der Waals surface area contributed by atoms with E-state index in [9.17, 15) is 8.42 Å². The normalized spacial score (nSPS) is 13.7. The average Bonchev–Trinajstić information content (AvgIpc) is 3.09. The Morgan fingerprint density at radius 2 is 2.05 bits per heavy atom. The summed E-state index contributed by atoms with van der Waals surface area (Å²) >= 11 is 2.87. The molecule has 0 saturated heterocycles. The second-order valence-electron chi connectivity index (χ2n) is 4.85. The minimum atomic E-state index is -3.46. The van der Waals surface area contributed by atoms with Crippen LogP contribution in [0.2, 0.25) is 0 Å². The molecule has 21 heavy (non-hydrogen) atoms. The maximum atomic E-state index is 12.6. The molecule has 0 aromatic carbocycles. The number of thiophene rings is 2. The van der Waals surface area contributed by atoms with Crippen molar-refractivity contribution in [2.75, 3.05) is 13.7 Å². The summed E-state index contributed by atoms with van der Waals surface area (Å²) < 4.78 is 27.0. The summed E-state index contributed by atoms with van der Waals surface area (Å²) in [6, 6.07) is 7.29. The predicted octanol–water partition coefficient (Wildman–Crippen LogP) is 2.60. The third kappa shape index (κ3) is 3.92. The fourth-order valence-electron chi connectivity index (χ4n) is 1.97. The fourth-order valence-corrected chi connectivity index (χ4v) is 5.69. The number of sulfonamides is 1. The van der Waals surface area contributed by atoms with Gasteiger partial charge in [-0.05, 0) is 36.9 Å². The van der Waals surface area contributed by atoms with Gasteiger partial charge in [-0.2, -0.15) is 4.31 Å². The number of aliphatic hydroxyl groups excluding tert-OH is 1. The molecule has 2 rings (SSSR count). The minimum Gasteiger partial charge on any atom is -0.396 e. The van der Waals surface area contributed by atoms with Crippen molar-refractivity contribution >= 4 is 32.7 Å². The van der Waals surface area contributed by atoms with E-state index in [2.05, 4.69) is 0 Å². The van der Waals surface area contributed by atoms with Gasteiger partial charge in [0.1, 0.15) is 4.21 Å². The van der Waals surface area contributed by atoms with E-state index in [1.807, 2.05) is 24.4 Å². The van der Waals surface area contributed by atoms with Gasteiger partial charge >= 0.3 is 0 Å². The van der Waals surface area contributed by atoms with Gasteiger partial charge in [-0.15, -0.1) is 22.7 Å².